The van der Waals surface area contributed by atoms with Gasteiger partial charge in [-0.25, -0.2) is 9.59 Å². The first-order chi connectivity index (χ1) is 21.2. The summed E-state index contributed by atoms with van der Waals surface area (Å²) in [4.78, 5) is 20.7. The van der Waals surface area contributed by atoms with Gasteiger partial charge in [0.2, 0.25) is 0 Å². The lowest BCUT2D eigenvalue weighted by atomic mass is 10.1. The highest BCUT2D eigenvalue weighted by molar-refractivity contribution is 7.86. The third-order valence-electron chi connectivity index (χ3n) is 6.02. The molecule has 0 fully saturated rings. The van der Waals surface area contributed by atoms with E-state index in [1.165, 1.54) is 12.1 Å². The summed E-state index contributed by atoms with van der Waals surface area (Å²) in [5, 5.41) is 44.1. The van der Waals surface area contributed by atoms with Crippen molar-refractivity contribution < 1.29 is 63.8 Å². The number of anilines is 1. The number of phenolic OH excluding ortho intramolecular Hbond substituents is 1. The lowest BCUT2D eigenvalue weighted by molar-refractivity contribution is 0.0686. The van der Waals surface area contributed by atoms with Gasteiger partial charge in [0.25, 0.3) is 30.4 Å². The number of carboxylic acid groups (broad SMARTS) is 2. The van der Waals surface area contributed by atoms with Crippen LogP contribution in [-0.2, 0) is 30.4 Å². The molecule has 0 heterocycles. The second-order valence-electron chi connectivity index (χ2n) is 8.96. The van der Waals surface area contributed by atoms with Gasteiger partial charge in [-0.2, -0.15) is 25.3 Å². The van der Waals surface area contributed by atoms with Gasteiger partial charge in [-0.3, -0.25) is 13.7 Å². The first-order valence-corrected chi connectivity index (χ1v) is 16.1. The van der Waals surface area contributed by atoms with Crippen LogP contribution in [-0.4, -0.2) is 66.2 Å². The number of nitrogen functional groups attached to an aromatic ring is 1. The Morgan fingerprint density at radius 3 is 1.46 bits per heavy atom. The molecule has 4 rings (SSSR count). The molecule has 8 N–H and O–H groups in total. The number of rotatable bonds is 9. The minimum absolute atomic E-state index is 0.206. The van der Waals surface area contributed by atoms with Crippen LogP contribution in [0.4, 0.5) is 28.4 Å². The standard InChI is InChI=1S/C24H17N5O14S3/c25-16-4-3-12-13(20(16)28-26-17-5-1-10(44(35,36)37)7-14(17)23(31)32)9-19(46(41,42)43)21(22(12)30)29-27-18-6-2-11(45(38,39)40)8-15(18)24(33)34/h1-9,30H,25H2,(H,31,32)(H,33,34)(H,35,36,37)(H,38,39,40)(H,41,42,43). The molecule has 46 heavy (non-hydrogen) atoms. The Hall–Kier alpha value is -5.39. The minimum atomic E-state index is -5.25. The van der Waals surface area contributed by atoms with Crippen LogP contribution in [0.25, 0.3) is 10.8 Å². The quantitative estimate of drug-likeness (QED) is 0.0736. The van der Waals surface area contributed by atoms with Crippen molar-refractivity contribution >= 4 is 81.5 Å². The van der Waals surface area contributed by atoms with Crippen molar-refractivity contribution in [3.63, 3.8) is 0 Å². The molecule has 0 unspecified atom stereocenters. The van der Waals surface area contributed by atoms with Gasteiger partial charge >= 0.3 is 11.9 Å². The molecule has 0 radical (unpaired) electrons. The van der Waals surface area contributed by atoms with E-state index in [9.17, 15) is 63.8 Å². The normalized spacial score (nSPS) is 12.7. The van der Waals surface area contributed by atoms with Crippen LogP contribution < -0.4 is 5.73 Å². The highest BCUT2D eigenvalue weighted by Gasteiger charge is 2.25. The monoisotopic (exact) mass is 695 g/mol. The average molecular weight is 696 g/mol. The minimum Gasteiger partial charge on any atom is -0.505 e. The van der Waals surface area contributed by atoms with E-state index in [1.807, 2.05) is 0 Å². The van der Waals surface area contributed by atoms with Crippen molar-refractivity contribution in [3.8, 4) is 5.75 Å². The van der Waals surface area contributed by atoms with E-state index >= 15 is 0 Å². The molecule has 0 spiro atoms. The third-order valence-corrected chi connectivity index (χ3v) is 8.59. The molecule has 0 aliphatic heterocycles. The number of hydrogen-bond donors (Lipinski definition) is 7. The van der Waals surface area contributed by atoms with Gasteiger partial charge in [-0.05, 0) is 54.6 Å². The number of carboxylic acids is 2. The van der Waals surface area contributed by atoms with Crippen LogP contribution in [0.2, 0.25) is 0 Å². The van der Waals surface area contributed by atoms with Crippen LogP contribution >= 0.6 is 0 Å². The van der Waals surface area contributed by atoms with Crippen LogP contribution in [0.5, 0.6) is 5.75 Å². The maximum atomic E-state index is 12.3. The van der Waals surface area contributed by atoms with Crippen LogP contribution in [0.15, 0.2) is 89.7 Å². The molecule has 0 aromatic heterocycles. The number of aromatic carboxylic acids is 2. The molecule has 0 aliphatic carbocycles. The van der Waals surface area contributed by atoms with Crippen LogP contribution in [0.3, 0.4) is 0 Å². The molecule has 4 aromatic rings. The summed E-state index contributed by atoms with van der Waals surface area (Å²) in [5.41, 5.74) is 1.98. The summed E-state index contributed by atoms with van der Waals surface area (Å²) in [5.74, 6) is -4.34. The number of azo groups is 2. The van der Waals surface area contributed by atoms with Crippen LogP contribution in [0.1, 0.15) is 20.7 Å². The van der Waals surface area contributed by atoms with E-state index in [-0.39, 0.29) is 22.1 Å². The molecular weight excluding hydrogens is 678 g/mol. The fourth-order valence-corrected chi connectivity index (χ4v) is 5.56. The smallest absolute Gasteiger partial charge is 0.338 e. The molecular formula is C24H17N5O14S3. The summed E-state index contributed by atoms with van der Waals surface area (Å²) in [6.07, 6.45) is 0. The van der Waals surface area contributed by atoms with Crippen molar-refractivity contribution in [2.45, 2.75) is 14.7 Å². The van der Waals surface area contributed by atoms with Crippen molar-refractivity contribution in [1.82, 2.24) is 0 Å². The van der Waals surface area contributed by atoms with Gasteiger partial charge in [-0.1, -0.05) is 0 Å². The van der Waals surface area contributed by atoms with Gasteiger partial charge in [0, 0.05) is 10.8 Å². The Morgan fingerprint density at radius 2 is 1.04 bits per heavy atom. The number of carbonyl (C=O) groups is 2. The number of fused-ring (bicyclic) bond motifs is 1. The number of nitrogens with two attached hydrogens (primary N) is 1. The molecule has 19 nitrogen and oxygen atoms in total. The molecule has 0 aliphatic rings. The summed E-state index contributed by atoms with van der Waals surface area (Å²) >= 11 is 0. The van der Waals surface area contributed by atoms with E-state index in [0.717, 1.165) is 30.3 Å². The third kappa shape index (κ3) is 6.80. The van der Waals surface area contributed by atoms with E-state index in [2.05, 4.69) is 20.5 Å². The lowest BCUT2D eigenvalue weighted by Crippen LogP contribution is -2.03. The predicted octanol–water partition coefficient (Wildman–Crippen LogP) is 4.09. The largest absolute Gasteiger partial charge is 0.505 e. The average Bonchev–Trinajstić information content (AvgIpc) is 2.94. The zero-order valence-corrected chi connectivity index (χ0v) is 24.7. The van der Waals surface area contributed by atoms with E-state index in [4.69, 9.17) is 5.73 Å². The van der Waals surface area contributed by atoms with E-state index in [1.54, 1.807) is 0 Å². The topological polar surface area (TPSA) is 333 Å². The zero-order valence-electron chi connectivity index (χ0n) is 22.2. The number of nitrogens with zero attached hydrogens (tertiary/aromatic N) is 4. The molecule has 0 saturated heterocycles. The Balaban J connectivity index is 1.93. The molecule has 0 saturated carbocycles. The molecule has 240 valence electrons. The van der Waals surface area contributed by atoms with Gasteiger partial charge in [-0.15, -0.1) is 20.5 Å². The van der Waals surface area contributed by atoms with Gasteiger partial charge in [0.15, 0.2) is 5.75 Å². The zero-order chi connectivity index (χ0) is 34.4. The SMILES string of the molecule is Nc1ccc2c(O)c(N=Nc3ccc(S(=O)(=O)O)cc3C(=O)O)c(S(=O)(=O)O)cc2c1N=Nc1ccc(S(=O)(=O)O)cc1C(=O)O. The van der Waals surface area contributed by atoms with Crippen molar-refractivity contribution in [1.29, 1.82) is 0 Å². The molecule has 0 atom stereocenters. The number of aromatic hydroxyl groups is 1. The summed E-state index contributed by atoms with van der Waals surface area (Å²) < 4.78 is 98.6. The Bertz CT molecular complexity index is 2370. The number of phenols is 1. The van der Waals surface area contributed by atoms with Crippen LogP contribution in [0, 0.1) is 0 Å². The van der Waals surface area contributed by atoms with E-state index < -0.39 is 90.9 Å². The van der Waals surface area contributed by atoms with Gasteiger partial charge < -0.3 is 21.1 Å². The summed E-state index contributed by atoms with van der Waals surface area (Å²) in [7, 11) is -14.9. The van der Waals surface area contributed by atoms with Crippen molar-refractivity contribution in [2.75, 3.05) is 5.73 Å². The molecule has 4 aromatic carbocycles. The van der Waals surface area contributed by atoms with E-state index in [0.29, 0.717) is 12.1 Å². The highest BCUT2D eigenvalue weighted by atomic mass is 32.2. The Kier molecular flexibility index (Phi) is 8.63. The first kappa shape index (κ1) is 33.5. The lowest BCUT2D eigenvalue weighted by Gasteiger charge is -2.12. The first-order valence-electron chi connectivity index (χ1n) is 11.8. The summed E-state index contributed by atoms with van der Waals surface area (Å²) in [6.45, 7) is 0. The maximum absolute atomic E-state index is 12.3. The number of benzene rings is 4. The second-order valence-corrected chi connectivity index (χ2v) is 13.2. The fraction of sp³-hybridized carbons (Fsp3) is 0. The Labute approximate surface area is 257 Å². The molecule has 22 heteroatoms. The van der Waals surface area contributed by atoms with Crippen molar-refractivity contribution in [2.24, 2.45) is 20.5 Å². The fourth-order valence-electron chi connectivity index (χ4n) is 3.90. The highest BCUT2D eigenvalue weighted by Crippen LogP contribution is 2.46. The Morgan fingerprint density at radius 1 is 0.587 bits per heavy atom. The second kappa shape index (κ2) is 11.8. The van der Waals surface area contributed by atoms with Gasteiger partial charge in [0.05, 0.1) is 26.6 Å². The van der Waals surface area contributed by atoms with Crippen molar-refractivity contribution in [3.05, 3.63) is 65.7 Å². The molecule has 0 bridgehead atoms. The maximum Gasteiger partial charge on any atom is 0.338 e. The predicted molar refractivity (Wildman–Crippen MR) is 155 cm³/mol. The van der Waals surface area contributed by atoms with Gasteiger partial charge in [0.1, 0.15) is 27.6 Å². The molecule has 0 amide bonds. The number of hydrogen-bond acceptors (Lipinski definition) is 14. The summed E-state index contributed by atoms with van der Waals surface area (Å²) in [6, 6.07) is 7.52.